The average molecular weight is 542 g/mol. The van der Waals surface area contributed by atoms with Gasteiger partial charge in [-0.2, -0.15) is 0 Å². The van der Waals surface area contributed by atoms with Crippen molar-refractivity contribution in [3.8, 4) is 0 Å². The first-order chi connectivity index (χ1) is 16.2. The number of thioether (sulfide) groups is 2. The van der Waals surface area contributed by atoms with Crippen molar-refractivity contribution in [2.75, 3.05) is 17.2 Å². The van der Waals surface area contributed by atoms with E-state index in [0.717, 1.165) is 0 Å². The van der Waals surface area contributed by atoms with Gasteiger partial charge < -0.3 is 21.5 Å². The molecular weight excluding hydrogens is 523 g/mol. The van der Waals surface area contributed by atoms with Crippen LogP contribution in [0.4, 0.5) is 5.13 Å². The first-order valence-electron chi connectivity index (χ1n) is 9.81. The van der Waals surface area contributed by atoms with E-state index in [9.17, 15) is 24.3 Å². The van der Waals surface area contributed by atoms with Gasteiger partial charge in [0.05, 0.1) is 18.7 Å². The summed E-state index contributed by atoms with van der Waals surface area (Å²) in [6, 6.07) is -0.795. The zero-order valence-corrected chi connectivity index (χ0v) is 20.9. The molecule has 2 aromatic heterocycles. The lowest BCUT2D eigenvalue weighted by molar-refractivity contribution is -0.150. The van der Waals surface area contributed by atoms with E-state index in [-0.39, 0.29) is 30.5 Å². The fourth-order valence-corrected chi connectivity index (χ4v) is 7.19. The van der Waals surface area contributed by atoms with E-state index in [2.05, 4.69) is 25.8 Å². The number of hydrogen-bond donors (Lipinski definition) is 4. The van der Waals surface area contributed by atoms with Crippen LogP contribution in [0.1, 0.15) is 17.6 Å². The highest BCUT2D eigenvalue weighted by Gasteiger charge is 2.54. The van der Waals surface area contributed by atoms with Crippen molar-refractivity contribution in [2.24, 2.45) is 0 Å². The van der Waals surface area contributed by atoms with Crippen molar-refractivity contribution in [3.63, 3.8) is 0 Å². The Morgan fingerprint density at radius 2 is 2.15 bits per heavy atom. The Kier molecular flexibility index (Phi) is 7.39. The summed E-state index contributed by atoms with van der Waals surface area (Å²) in [5, 5.41) is 25.4. The Hall–Kier alpha value is -2.69. The summed E-state index contributed by atoms with van der Waals surface area (Å²) >= 11 is 5.25. The topological polar surface area (TPSA) is 180 Å². The molecule has 1 saturated heterocycles. The number of nitrogens with one attached hydrogen (secondary N) is 2. The quantitative estimate of drug-likeness (QED) is 0.253. The predicted molar refractivity (Wildman–Crippen MR) is 128 cm³/mol. The Bertz CT molecular complexity index is 1180. The SMILES string of the molecule is CC(=O)NCc1nnc(SCC2=C(C(=O)O)N3C(=O)C(NC(=O)Cc4csc(N)n4)C3SC2)s1. The fourth-order valence-electron chi connectivity index (χ4n) is 3.30. The number of β-lactam (4-membered cyclic amide) rings is 1. The molecule has 34 heavy (non-hydrogen) atoms. The van der Waals surface area contributed by atoms with Crippen molar-refractivity contribution in [1.29, 1.82) is 0 Å². The highest BCUT2D eigenvalue weighted by molar-refractivity contribution is 8.01. The lowest BCUT2D eigenvalue weighted by Gasteiger charge is -2.49. The first-order valence-corrected chi connectivity index (χ1v) is 13.5. The molecule has 16 heteroatoms. The van der Waals surface area contributed by atoms with Gasteiger partial charge >= 0.3 is 5.97 Å². The van der Waals surface area contributed by atoms with Gasteiger partial charge in [0.15, 0.2) is 9.47 Å². The van der Waals surface area contributed by atoms with Gasteiger partial charge in [0.2, 0.25) is 11.8 Å². The molecule has 12 nitrogen and oxygen atoms in total. The van der Waals surface area contributed by atoms with Crippen LogP contribution < -0.4 is 16.4 Å². The molecule has 5 N–H and O–H groups in total. The van der Waals surface area contributed by atoms with E-state index in [4.69, 9.17) is 5.73 Å². The van der Waals surface area contributed by atoms with Crippen LogP contribution in [0.5, 0.6) is 0 Å². The van der Waals surface area contributed by atoms with Gasteiger partial charge in [-0.25, -0.2) is 9.78 Å². The number of aliphatic carboxylic acids is 1. The molecule has 4 rings (SSSR count). The molecule has 2 unspecified atom stereocenters. The van der Waals surface area contributed by atoms with Gasteiger partial charge in [-0.15, -0.1) is 33.3 Å². The number of anilines is 1. The van der Waals surface area contributed by atoms with Crippen LogP contribution in [0.3, 0.4) is 0 Å². The molecule has 1 fully saturated rings. The number of carboxylic acids is 1. The molecule has 2 aromatic rings. The number of nitrogens with two attached hydrogens (primary N) is 1. The maximum absolute atomic E-state index is 12.8. The van der Waals surface area contributed by atoms with Crippen molar-refractivity contribution in [3.05, 3.63) is 27.4 Å². The molecule has 0 spiro atoms. The summed E-state index contributed by atoms with van der Waals surface area (Å²) in [7, 11) is 0. The van der Waals surface area contributed by atoms with Gasteiger partial charge in [-0.05, 0) is 5.57 Å². The minimum Gasteiger partial charge on any atom is -0.477 e. The minimum atomic E-state index is -1.19. The number of carboxylic acid groups (broad SMARTS) is 1. The number of nitrogen functional groups attached to an aromatic ring is 1. The van der Waals surface area contributed by atoms with Crippen LogP contribution in [-0.4, -0.2) is 71.8 Å². The second kappa shape index (κ2) is 10.3. The average Bonchev–Trinajstić information content (AvgIpc) is 3.42. The predicted octanol–water partition coefficient (Wildman–Crippen LogP) is 0.286. The number of carbonyl (C=O) groups excluding carboxylic acids is 3. The molecule has 0 aromatic carbocycles. The van der Waals surface area contributed by atoms with Crippen LogP contribution in [0, 0.1) is 0 Å². The molecule has 180 valence electrons. The van der Waals surface area contributed by atoms with Crippen molar-refractivity contribution < 1.29 is 24.3 Å². The number of nitrogens with zero attached hydrogens (tertiary/aromatic N) is 4. The standard InChI is InChI=1S/C18H19N7O5S4/c1-7(26)20-3-11-23-24-18(34-11)33-5-8-4-31-15-12(14(28)25(15)13(8)16(29)30)22-10(27)2-9-6-32-17(19)21-9/h6,12,15H,2-5H2,1H3,(H2,19,21)(H,20,26)(H,22,27)(H,29,30). The zero-order valence-electron chi connectivity index (χ0n) is 17.6. The van der Waals surface area contributed by atoms with E-state index in [0.29, 0.717) is 37.3 Å². The molecule has 0 radical (unpaired) electrons. The maximum atomic E-state index is 12.8. The highest BCUT2D eigenvalue weighted by Crippen LogP contribution is 2.41. The van der Waals surface area contributed by atoms with Crippen LogP contribution in [0.2, 0.25) is 0 Å². The Labute approximate surface area is 209 Å². The summed E-state index contributed by atoms with van der Waals surface area (Å²) in [4.78, 5) is 53.4. The van der Waals surface area contributed by atoms with Gasteiger partial charge in [0.1, 0.15) is 22.1 Å². The van der Waals surface area contributed by atoms with Crippen LogP contribution >= 0.6 is 46.2 Å². The van der Waals surface area contributed by atoms with E-state index in [1.165, 1.54) is 58.0 Å². The third-order valence-electron chi connectivity index (χ3n) is 4.78. The normalized spacial score (nSPS) is 19.4. The van der Waals surface area contributed by atoms with E-state index in [1.54, 1.807) is 5.38 Å². The first kappa shape index (κ1) is 24.4. The van der Waals surface area contributed by atoms with Crippen LogP contribution in [0.15, 0.2) is 21.0 Å². The van der Waals surface area contributed by atoms with Crippen molar-refractivity contribution >= 4 is 75.0 Å². The summed E-state index contributed by atoms with van der Waals surface area (Å²) in [5.41, 5.74) is 6.63. The number of rotatable bonds is 9. The molecule has 4 heterocycles. The third kappa shape index (κ3) is 5.34. The Balaban J connectivity index is 1.38. The maximum Gasteiger partial charge on any atom is 0.352 e. The number of thiazole rings is 1. The second-order valence-corrected chi connectivity index (χ2v) is 11.5. The monoisotopic (exact) mass is 541 g/mol. The molecule has 0 aliphatic carbocycles. The molecule has 0 saturated carbocycles. The third-order valence-corrected chi connectivity index (χ3v) is 8.99. The second-order valence-electron chi connectivity index (χ2n) is 7.23. The van der Waals surface area contributed by atoms with Crippen molar-refractivity contribution in [1.82, 2.24) is 30.7 Å². The summed E-state index contributed by atoms with van der Waals surface area (Å²) in [6.07, 6.45) is -0.00976. The molecule has 2 atom stereocenters. The Morgan fingerprint density at radius 1 is 1.35 bits per heavy atom. The highest BCUT2D eigenvalue weighted by atomic mass is 32.2. The van der Waals surface area contributed by atoms with E-state index >= 15 is 0 Å². The van der Waals surface area contributed by atoms with E-state index in [1.807, 2.05) is 0 Å². The Morgan fingerprint density at radius 3 is 2.82 bits per heavy atom. The molecular formula is C18H19N7O5S4. The molecule has 2 aliphatic rings. The zero-order chi connectivity index (χ0) is 24.4. The largest absolute Gasteiger partial charge is 0.477 e. The minimum absolute atomic E-state index is 0.00976. The molecule has 3 amide bonds. The number of fused-ring (bicyclic) bond motifs is 1. The van der Waals surface area contributed by atoms with Gasteiger partial charge in [0.25, 0.3) is 5.91 Å². The number of carbonyl (C=O) groups is 4. The van der Waals surface area contributed by atoms with Crippen LogP contribution in [-0.2, 0) is 32.1 Å². The number of aromatic nitrogens is 3. The number of amides is 3. The molecule has 0 bridgehead atoms. The number of hydrogen-bond acceptors (Lipinski definition) is 12. The van der Waals surface area contributed by atoms with Crippen molar-refractivity contribution in [2.45, 2.75) is 35.6 Å². The fraction of sp³-hybridized carbons (Fsp3) is 0.389. The van der Waals surface area contributed by atoms with Gasteiger partial charge in [-0.1, -0.05) is 23.1 Å². The molecule has 2 aliphatic heterocycles. The smallest absolute Gasteiger partial charge is 0.352 e. The van der Waals surface area contributed by atoms with Gasteiger partial charge in [0, 0.05) is 23.8 Å². The van der Waals surface area contributed by atoms with E-state index < -0.39 is 23.3 Å². The lowest BCUT2D eigenvalue weighted by atomic mass is 10.0. The summed E-state index contributed by atoms with van der Waals surface area (Å²) in [5.74, 6) is -1.48. The summed E-state index contributed by atoms with van der Waals surface area (Å²) in [6.45, 7) is 1.69. The van der Waals surface area contributed by atoms with Gasteiger partial charge in [-0.3, -0.25) is 19.3 Å². The lowest BCUT2D eigenvalue weighted by Crippen LogP contribution is -2.70. The summed E-state index contributed by atoms with van der Waals surface area (Å²) < 4.78 is 0.632. The van der Waals surface area contributed by atoms with Crippen LogP contribution in [0.25, 0.3) is 0 Å².